The Hall–Kier alpha value is -1.02. The lowest BCUT2D eigenvalue weighted by atomic mass is 9.92. The number of aryl methyl sites for hydroxylation is 1. The predicted octanol–water partition coefficient (Wildman–Crippen LogP) is 3.63. The molecule has 2 nitrogen and oxygen atoms in total. The highest BCUT2D eigenvalue weighted by molar-refractivity contribution is 5.61. The van der Waals surface area contributed by atoms with Crippen LogP contribution < -0.4 is 10.2 Å². The minimum atomic E-state index is 0.578. The molecule has 1 aliphatic carbocycles. The lowest BCUT2D eigenvalue weighted by Crippen LogP contribution is -2.43. The van der Waals surface area contributed by atoms with Crippen molar-refractivity contribution in [3.05, 3.63) is 29.3 Å². The van der Waals surface area contributed by atoms with E-state index in [-0.39, 0.29) is 0 Å². The Morgan fingerprint density at radius 1 is 1.16 bits per heavy atom. The molecule has 1 aliphatic heterocycles. The molecule has 1 atom stereocenters. The molecule has 0 aromatic heterocycles. The number of hydrogen-bond acceptors (Lipinski definition) is 2. The number of nitrogens with zero attached hydrogens (tertiary/aromatic N) is 1. The van der Waals surface area contributed by atoms with Gasteiger partial charge < -0.3 is 10.2 Å². The van der Waals surface area contributed by atoms with E-state index in [0.717, 1.165) is 19.1 Å². The predicted molar refractivity (Wildman–Crippen MR) is 81.7 cm³/mol. The third kappa shape index (κ3) is 2.64. The standard InChI is InChI=1S/C17H26N2/c1-13-7-6-8-15-11-18-14(2)12-19(17(13)15)16-9-4-3-5-10-16/h6-8,14,16,18H,3-5,9-12H2,1-2H3. The first-order valence-corrected chi connectivity index (χ1v) is 7.84. The first-order chi connectivity index (χ1) is 9.25. The van der Waals surface area contributed by atoms with Gasteiger partial charge in [-0.1, -0.05) is 37.5 Å². The minimum Gasteiger partial charge on any atom is -0.367 e. The summed E-state index contributed by atoms with van der Waals surface area (Å²) in [6, 6.07) is 8.10. The van der Waals surface area contributed by atoms with Crippen LogP contribution in [0.15, 0.2) is 18.2 Å². The van der Waals surface area contributed by atoms with Crippen molar-refractivity contribution in [2.75, 3.05) is 11.4 Å². The number of rotatable bonds is 1. The van der Waals surface area contributed by atoms with E-state index >= 15 is 0 Å². The molecule has 0 amide bonds. The van der Waals surface area contributed by atoms with E-state index in [1.807, 2.05) is 0 Å². The van der Waals surface area contributed by atoms with E-state index in [9.17, 15) is 0 Å². The van der Waals surface area contributed by atoms with Gasteiger partial charge in [-0.3, -0.25) is 0 Å². The van der Waals surface area contributed by atoms with Crippen molar-refractivity contribution >= 4 is 5.69 Å². The number of anilines is 1. The van der Waals surface area contributed by atoms with E-state index in [1.165, 1.54) is 48.9 Å². The molecule has 1 aromatic carbocycles. The molecule has 104 valence electrons. The van der Waals surface area contributed by atoms with Gasteiger partial charge in [-0.15, -0.1) is 0 Å². The SMILES string of the molecule is Cc1cccc2c1N(C1CCCCC1)CC(C)NC2. The molecular formula is C17H26N2. The maximum atomic E-state index is 3.66. The Labute approximate surface area is 117 Å². The lowest BCUT2D eigenvalue weighted by molar-refractivity contribution is 0.403. The number of benzene rings is 1. The van der Waals surface area contributed by atoms with E-state index in [4.69, 9.17) is 0 Å². The minimum absolute atomic E-state index is 0.578. The zero-order chi connectivity index (χ0) is 13.2. The Morgan fingerprint density at radius 2 is 1.95 bits per heavy atom. The van der Waals surface area contributed by atoms with Crippen LogP contribution >= 0.6 is 0 Å². The molecule has 1 saturated carbocycles. The molecule has 1 aromatic rings. The van der Waals surface area contributed by atoms with Crippen LogP contribution in [0.3, 0.4) is 0 Å². The Kier molecular flexibility index (Phi) is 3.79. The summed E-state index contributed by atoms with van der Waals surface area (Å²) in [5.41, 5.74) is 4.44. The number of hydrogen-bond donors (Lipinski definition) is 1. The Bertz CT molecular complexity index is 435. The fraction of sp³-hybridized carbons (Fsp3) is 0.647. The molecule has 1 N–H and O–H groups in total. The second-order valence-electron chi connectivity index (χ2n) is 6.31. The largest absolute Gasteiger partial charge is 0.367 e. The molecule has 0 bridgehead atoms. The van der Waals surface area contributed by atoms with Gasteiger partial charge in [0.15, 0.2) is 0 Å². The first kappa shape index (κ1) is 13.0. The second kappa shape index (κ2) is 5.54. The van der Waals surface area contributed by atoms with Gasteiger partial charge in [-0.25, -0.2) is 0 Å². The topological polar surface area (TPSA) is 15.3 Å². The number of para-hydroxylation sites is 1. The summed E-state index contributed by atoms with van der Waals surface area (Å²) in [7, 11) is 0. The van der Waals surface area contributed by atoms with Crippen molar-refractivity contribution in [2.45, 2.75) is 64.6 Å². The summed E-state index contributed by atoms with van der Waals surface area (Å²) >= 11 is 0. The van der Waals surface area contributed by atoms with E-state index in [2.05, 4.69) is 42.3 Å². The molecule has 1 fully saturated rings. The van der Waals surface area contributed by atoms with Gasteiger partial charge in [-0.2, -0.15) is 0 Å². The zero-order valence-corrected chi connectivity index (χ0v) is 12.3. The molecule has 1 heterocycles. The molecule has 0 radical (unpaired) electrons. The average Bonchev–Trinajstić information content (AvgIpc) is 2.61. The van der Waals surface area contributed by atoms with Gasteiger partial charge in [-0.05, 0) is 37.8 Å². The summed E-state index contributed by atoms with van der Waals surface area (Å²) in [5, 5.41) is 3.66. The third-order valence-electron chi connectivity index (χ3n) is 4.74. The summed E-state index contributed by atoms with van der Waals surface area (Å²) in [5.74, 6) is 0. The van der Waals surface area contributed by atoms with E-state index in [1.54, 1.807) is 0 Å². The smallest absolute Gasteiger partial charge is 0.0444 e. The third-order valence-corrected chi connectivity index (χ3v) is 4.74. The second-order valence-corrected chi connectivity index (χ2v) is 6.31. The van der Waals surface area contributed by atoms with Gasteiger partial charge in [0.1, 0.15) is 0 Å². The van der Waals surface area contributed by atoms with E-state index in [0.29, 0.717) is 6.04 Å². The highest BCUT2D eigenvalue weighted by atomic mass is 15.2. The maximum absolute atomic E-state index is 3.66. The summed E-state index contributed by atoms with van der Waals surface area (Å²) in [4.78, 5) is 2.72. The normalized spacial score (nSPS) is 24.9. The highest BCUT2D eigenvalue weighted by Crippen LogP contribution is 2.33. The van der Waals surface area contributed by atoms with Gasteiger partial charge in [0.25, 0.3) is 0 Å². The molecule has 1 unspecified atom stereocenters. The van der Waals surface area contributed by atoms with Crippen molar-refractivity contribution in [1.29, 1.82) is 0 Å². The van der Waals surface area contributed by atoms with Gasteiger partial charge in [0, 0.05) is 30.9 Å². The Morgan fingerprint density at radius 3 is 2.74 bits per heavy atom. The van der Waals surface area contributed by atoms with Crippen molar-refractivity contribution in [1.82, 2.24) is 5.32 Å². The van der Waals surface area contributed by atoms with Crippen LogP contribution in [0, 0.1) is 6.92 Å². The van der Waals surface area contributed by atoms with Crippen molar-refractivity contribution in [3.63, 3.8) is 0 Å². The van der Waals surface area contributed by atoms with Crippen LogP contribution in [0.5, 0.6) is 0 Å². The fourth-order valence-corrected chi connectivity index (χ4v) is 3.73. The van der Waals surface area contributed by atoms with Crippen LogP contribution in [0.25, 0.3) is 0 Å². The van der Waals surface area contributed by atoms with Gasteiger partial charge in [0.2, 0.25) is 0 Å². The van der Waals surface area contributed by atoms with Crippen molar-refractivity contribution < 1.29 is 0 Å². The van der Waals surface area contributed by atoms with Gasteiger partial charge in [0.05, 0.1) is 0 Å². The van der Waals surface area contributed by atoms with Crippen LogP contribution in [0.2, 0.25) is 0 Å². The fourth-order valence-electron chi connectivity index (χ4n) is 3.73. The molecule has 2 aliphatic rings. The lowest BCUT2D eigenvalue weighted by Gasteiger charge is -2.38. The van der Waals surface area contributed by atoms with Crippen LogP contribution in [0.1, 0.15) is 50.2 Å². The van der Waals surface area contributed by atoms with Crippen LogP contribution in [-0.2, 0) is 6.54 Å². The summed E-state index contributed by atoms with van der Waals surface area (Å²) < 4.78 is 0. The summed E-state index contributed by atoms with van der Waals surface area (Å²) in [6.45, 7) is 6.76. The molecular weight excluding hydrogens is 232 g/mol. The summed E-state index contributed by atoms with van der Waals surface area (Å²) in [6.07, 6.45) is 6.99. The monoisotopic (exact) mass is 258 g/mol. The molecule has 0 spiro atoms. The quantitative estimate of drug-likeness (QED) is 0.827. The molecule has 3 rings (SSSR count). The highest BCUT2D eigenvalue weighted by Gasteiger charge is 2.27. The first-order valence-electron chi connectivity index (χ1n) is 7.84. The molecule has 2 heteroatoms. The van der Waals surface area contributed by atoms with E-state index < -0.39 is 0 Å². The number of nitrogens with one attached hydrogen (secondary N) is 1. The molecule has 0 saturated heterocycles. The number of fused-ring (bicyclic) bond motifs is 1. The molecule has 19 heavy (non-hydrogen) atoms. The van der Waals surface area contributed by atoms with Crippen molar-refractivity contribution in [2.24, 2.45) is 0 Å². The maximum Gasteiger partial charge on any atom is 0.0444 e. The zero-order valence-electron chi connectivity index (χ0n) is 12.3. The average molecular weight is 258 g/mol. The van der Waals surface area contributed by atoms with Gasteiger partial charge >= 0.3 is 0 Å². The van der Waals surface area contributed by atoms with Crippen LogP contribution in [0.4, 0.5) is 5.69 Å². The Balaban J connectivity index is 1.96. The van der Waals surface area contributed by atoms with Crippen molar-refractivity contribution in [3.8, 4) is 0 Å². The van der Waals surface area contributed by atoms with Crippen LogP contribution in [-0.4, -0.2) is 18.6 Å².